The Kier molecular flexibility index (Phi) is 5.50. The van der Waals surface area contributed by atoms with Crippen LogP contribution in [-0.4, -0.2) is 30.1 Å². The molecule has 2 N–H and O–H groups in total. The summed E-state index contributed by atoms with van der Waals surface area (Å²) in [5, 5.41) is 10.1. The van der Waals surface area contributed by atoms with Crippen LogP contribution in [0.4, 0.5) is 0 Å². The molecule has 1 aliphatic carbocycles. The molecule has 37 heavy (non-hydrogen) atoms. The maximum Gasteiger partial charge on any atom is 0.116 e. The van der Waals surface area contributed by atoms with Crippen molar-refractivity contribution in [2.45, 2.75) is 38.5 Å². The lowest BCUT2D eigenvalue weighted by Gasteiger charge is -2.21. The van der Waals surface area contributed by atoms with Crippen molar-refractivity contribution in [3.05, 3.63) is 85.2 Å². The highest BCUT2D eigenvalue weighted by Crippen LogP contribution is 2.35. The second-order valence-electron chi connectivity index (χ2n) is 10.2. The molecule has 5 aromatic heterocycles. The largest absolute Gasteiger partial charge is 0.352 e. The van der Waals surface area contributed by atoms with Gasteiger partial charge in [0.1, 0.15) is 5.69 Å². The van der Waals surface area contributed by atoms with E-state index in [1.54, 1.807) is 6.20 Å². The Morgan fingerprint density at radius 2 is 1.62 bits per heavy atom. The van der Waals surface area contributed by atoms with Crippen molar-refractivity contribution in [1.82, 2.24) is 30.1 Å². The second-order valence-corrected chi connectivity index (χ2v) is 10.2. The molecule has 0 radical (unpaired) electrons. The van der Waals surface area contributed by atoms with E-state index in [-0.39, 0.29) is 0 Å². The third-order valence-electron chi connectivity index (χ3n) is 7.71. The van der Waals surface area contributed by atoms with Crippen LogP contribution in [0.25, 0.3) is 55.4 Å². The maximum absolute atomic E-state index is 4.69. The number of benzene rings is 1. The molecule has 5 heterocycles. The van der Waals surface area contributed by atoms with E-state index in [1.165, 1.54) is 37.7 Å². The molecule has 1 saturated carbocycles. The van der Waals surface area contributed by atoms with Gasteiger partial charge in [-0.1, -0.05) is 44.2 Å². The van der Waals surface area contributed by atoms with Crippen molar-refractivity contribution in [3.8, 4) is 33.6 Å². The Morgan fingerprint density at radius 1 is 0.730 bits per heavy atom. The normalized spacial score (nSPS) is 14.5. The summed E-state index contributed by atoms with van der Waals surface area (Å²) in [5.41, 5.74) is 9.58. The van der Waals surface area contributed by atoms with Gasteiger partial charge in [-0.05, 0) is 53.8 Å². The highest BCUT2D eigenvalue weighted by atomic mass is 15.1. The van der Waals surface area contributed by atoms with Gasteiger partial charge in [0.05, 0.1) is 22.9 Å². The van der Waals surface area contributed by atoms with Crippen LogP contribution >= 0.6 is 0 Å². The first-order chi connectivity index (χ1) is 18.3. The van der Waals surface area contributed by atoms with Crippen LogP contribution in [0.2, 0.25) is 0 Å². The lowest BCUT2D eigenvalue weighted by Crippen LogP contribution is -2.09. The van der Waals surface area contributed by atoms with Gasteiger partial charge in [0, 0.05) is 58.4 Å². The molecule has 0 bridgehead atoms. The Hall–Kier alpha value is -4.32. The van der Waals surface area contributed by atoms with Crippen LogP contribution in [0.15, 0.2) is 79.6 Å². The molecule has 1 aromatic carbocycles. The Morgan fingerprint density at radius 3 is 2.51 bits per heavy atom. The van der Waals surface area contributed by atoms with Crippen LogP contribution in [-0.2, 0) is 6.42 Å². The first-order valence-corrected chi connectivity index (χ1v) is 13.1. The predicted octanol–water partition coefficient (Wildman–Crippen LogP) is 7.35. The van der Waals surface area contributed by atoms with Gasteiger partial charge in [0.25, 0.3) is 0 Å². The van der Waals surface area contributed by atoms with Crippen LogP contribution < -0.4 is 0 Å². The van der Waals surface area contributed by atoms with E-state index in [2.05, 4.69) is 66.5 Å². The molecule has 6 nitrogen and oxygen atoms in total. The molecule has 6 heteroatoms. The first-order valence-electron chi connectivity index (χ1n) is 13.1. The van der Waals surface area contributed by atoms with Crippen molar-refractivity contribution in [2.24, 2.45) is 5.92 Å². The molecule has 0 saturated heterocycles. The van der Waals surface area contributed by atoms with Crippen molar-refractivity contribution in [3.63, 3.8) is 0 Å². The van der Waals surface area contributed by atoms with Crippen molar-refractivity contribution in [2.75, 3.05) is 0 Å². The lowest BCUT2D eigenvalue weighted by atomic mass is 9.85. The molecule has 7 rings (SSSR count). The summed E-state index contributed by atoms with van der Waals surface area (Å²) < 4.78 is 0. The number of rotatable bonds is 5. The van der Waals surface area contributed by atoms with E-state index in [1.807, 2.05) is 37.1 Å². The van der Waals surface area contributed by atoms with Gasteiger partial charge in [0.2, 0.25) is 0 Å². The molecule has 6 aromatic rings. The molecule has 1 aliphatic rings. The molecular weight excluding hydrogens is 456 g/mol. The number of hydrogen-bond acceptors (Lipinski definition) is 4. The van der Waals surface area contributed by atoms with Crippen molar-refractivity contribution in [1.29, 1.82) is 0 Å². The molecular formula is C31H28N6. The smallest absolute Gasteiger partial charge is 0.116 e. The van der Waals surface area contributed by atoms with E-state index >= 15 is 0 Å². The van der Waals surface area contributed by atoms with Crippen LogP contribution in [0.1, 0.15) is 37.7 Å². The van der Waals surface area contributed by atoms with Gasteiger partial charge in [-0.2, -0.15) is 5.10 Å². The van der Waals surface area contributed by atoms with E-state index < -0.39 is 0 Å². The zero-order valence-electron chi connectivity index (χ0n) is 20.6. The first kappa shape index (κ1) is 21.9. The quantitative estimate of drug-likeness (QED) is 0.268. The fourth-order valence-electron chi connectivity index (χ4n) is 5.81. The highest BCUT2D eigenvalue weighted by Gasteiger charge is 2.16. The summed E-state index contributed by atoms with van der Waals surface area (Å²) in [4.78, 5) is 16.9. The van der Waals surface area contributed by atoms with Crippen LogP contribution in [0.3, 0.4) is 0 Å². The van der Waals surface area contributed by atoms with Gasteiger partial charge >= 0.3 is 0 Å². The van der Waals surface area contributed by atoms with Crippen molar-refractivity contribution < 1.29 is 0 Å². The number of nitrogens with one attached hydrogen (secondary N) is 2. The second kappa shape index (κ2) is 9.28. The summed E-state index contributed by atoms with van der Waals surface area (Å²) in [6.07, 6.45) is 19.4. The van der Waals surface area contributed by atoms with Gasteiger partial charge in [-0.15, -0.1) is 0 Å². The third kappa shape index (κ3) is 4.18. The summed E-state index contributed by atoms with van der Waals surface area (Å²) in [6.45, 7) is 0. The third-order valence-corrected chi connectivity index (χ3v) is 7.71. The molecule has 0 spiro atoms. The highest BCUT2D eigenvalue weighted by molar-refractivity contribution is 6.01. The molecule has 1 fully saturated rings. The summed E-state index contributed by atoms with van der Waals surface area (Å²) >= 11 is 0. The number of pyridine rings is 3. The average Bonchev–Trinajstić information content (AvgIpc) is 3.58. The molecule has 182 valence electrons. The molecule has 0 unspecified atom stereocenters. The number of fused-ring (bicyclic) bond motifs is 2. The van der Waals surface area contributed by atoms with Crippen LogP contribution in [0, 0.1) is 5.92 Å². The minimum absolute atomic E-state index is 0.793. The Labute approximate surface area is 215 Å². The van der Waals surface area contributed by atoms with Crippen molar-refractivity contribution >= 4 is 21.8 Å². The molecule has 0 amide bonds. The lowest BCUT2D eigenvalue weighted by molar-refractivity contribution is 0.356. The zero-order chi connectivity index (χ0) is 24.6. The maximum atomic E-state index is 4.69. The number of aromatic nitrogens is 6. The minimum atomic E-state index is 0.793. The van der Waals surface area contributed by atoms with Gasteiger partial charge in [0.15, 0.2) is 0 Å². The zero-order valence-corrected chi connectivity index (χ0v) is 20.6. The van der Waals surface area contributed by atoms with E-state index in [4.69, 9.17) is 0 Å². The fraction of sp³-hybridized carbons (Fsp3) is 0.226. The minimum Gasteiger partial charge on any atom is -0.352 e. The molecule has 0 aliphatic heterocycles. The monoisotopic (exact) mass is 484 g/mol. The fourth-order valence-corrected chi connectivity index (χ4v) is 5.81. The summed E-state index contributed by atoms with van der Waals surface area (Å²) in [6, 6.07) is 15.0. The van der Waals surface area contributed by atoms with Gasteiger partial charge in [-0.3, -0.25) is 20.1 Å². The van der Waals surface area contributed by atoms with E-state index in [0.717, 1.165) is 67.8 Å². The van der Waals surface area contributed by atoms with Gasteiger partial charge in [-0.25, -0.2) is 0 Å². The predicted molar refractivity (Wildman–Crippen MR) is 148 cm³/mol. The van der Waals surface area contributed by atoms with E-state index in [9.17, 15) is 0 Å². The number of aromatic amines is 2. The number of nitrogens with zero attached hydrogens (tertiary/aromatic N) is 4. The SMILES string of the molecule is c1cncc(-c2cncc3[nH]c(-c4n[nH]c5ccc(-c6cncc(CC7CCCCC7)c6)cc45)cc23)c1. The standard InChI is InChI=1S/C31H28N6/c1-2-5-20(6-3-1)11-21-12-24(17-33-15-21)22-8-9-28-26(13-22)31(37-36-28)29-14-25-27(18-34-19-30(25)35-29)23-7-4-10-32-16-23/h4,7-10,12-20,35H,1-3,5-6,11H2,(H,36,37). The number of H-pyrrole nitrogens is 2. The summed E-state index contributed by atoms with van der Waals surface area (Å²) in [7, 11) is 0. The summed E-state index contributed by atoms with van der Waals surface area (Å²) in [5.74, 6) is 0.793. The number of hydrogen-bond donors (Lipinski definition) is 2. The topological polar surface area (TPSA) is 83.1 Å². The Balaban J connectivity index is 1.26. The van der Waals surface area contributed by atoms with E-state index in [0.29, 0.717) is 0 Å². The van der Waals surface area contributed by atoms with Crippen LogP contribution in [0.5, 0.6) is 0 Å². The Bertz CT molecular complexity index is 1690. The average molecular weight is 485 g/mol. The van der Waals surface area contributed by atoms with Gasteiger partial charge < -0.3 is 4.98 Å². The molecule has 0 atom stereocenters.